The minimum absolute atomic E-state index is 0.0878. The van der Waals surface area contributed by atoms with Gasteiger partial charge >= 0.3 is 12.0 Å². The van der Waals surface area contributed by atoms with Crippen LogP contribution >= 0.6 is 0 Å². The molecule has 2 aromatic rings. The molecule has 2 aromatic carbocycles. The van der Waals surface area contributed by atoms with E-state index >= 15 is 0 Å². The predicted molar refractivity (Wildman–Crippen MR) is 138 cm³/mol. The van der Waals surface area contributed by atoms with Crippen LogP contribution in [0.4, 0.5) is 10.5 Å². The van der Waals surface area contributed by atoms with Crippen LogP contribution in [0.2, 0.25) is 0 Å². The van der Waals surface area contributed by atoms with Crippen molar-refractivity contribution in [2.45, 2.75) is 45.4 Å². The normalized spacial score (nSPS) is 18.8. The number of carbonyl (C=O) groups excluding carboxylic acids is 3. The zero-order valence-corrected chi connectivity index (χ0v) is 21.0. The third kappa shape index (κ3) is 5.25. The average Bonchev–Trinajstić information content (AvgIpc) is 3.48. The first kappa shape index (κ1) is 24.3. The summed E-state index contributed by atoms with van der Waals surface area (Å²) in [6, 6.07) is 15.2. The number of carbonyl (C=O) groups is 3. The number of amides is 3. The van der Waals surface area contributed by atoms with Gasteiger partial charge in [0.05, 0.1) is 12.2 Å². The van der Waals surface area contributed by atoms with Crippen LogP contribution < -0.4 is 5.32 Å². The topological polar surface area (TPSA) is 79.0 Å². The fourth-order valence-electron chi connectivity index (χ4n) is 6.06. The Bertz CT molecular complexity index is 1110. The second kappa shape index (κ2) is 10.3. The molecule has 1 N–H and O–H groups in total. The lowest BCUT2D eigenvalue weighted by atomic mass is 9.77. The van der Waals surface area contributed by atoms with Crippen molar-refractivity contribution in [2.24, 2.45) is 11.3 Å². The number of urea groups is 1. The maximum atomic E-state index is 13.0. The third-order valence-corrected chi connectivity index (χ3v) is 8.13. The molecule has 2 heterocycles. The number of fused-ring (bicyclic) bond motifs is 1. The number of nitrogens with one attached hydrogen (secondary N) is 1. The monoisotopic (exact) mass is 489 g/mol. The fourth-order valence-corrected chi connectivity index (χ4v) is 6.06. The van der Waals surface area contributed by atoms with E-state index in [0.29, 0.717) is 43.3 Å². The van der Waals surface area contributed by atoms with E-state index in [-0.39, 0.29) is 17.4 Å². The summed E-state index contributed by atoms with van der Waals surface area (Å²) in [5, 5.41) is 2.93. The van der Waals surface area contributed by atoms with Crippen LogP contribution in [0, 0.1) is 11.3 Å². The maximum absolute atomic E-state index is 13.0. The minimum atomic E-state index is -0.396. The maximum Gasteiger partial charge on any atom is 0.338 e. The average molecular weight is 490 g/mol. The highest BCUT2D eigenvalue weighted by Gasteiger charge is 2.43. The van der Waals surface area contributed by atoms with E-state index in [1.165, 1.54) is 11.1 Å². The summed E-state index contributed by atoms with van der Waals surface area (Å²) in [7, 11) is 0. The van der Waals surface area contributed by atoms with Crippen LogP contribution in [-0.4, -0.2) is 60.5 Å². The molecule has 190 valence electrons. The second-order valence-corrected chi connectivity index (χ2v) is 10.5. The van der Waals surface area contributed by atoms with Gasteiger partial charge in [0.25, 0.3) is 0 Å². The number of hydrogen-bond acceptors (Lipinski definition) is 4. The van der Waals surface area contributed by atoms with Gasteiger partial charge in [-0.2, -0.15) is 0 Å². The van der Waals surface area contributed by atoms with Crippen LogP contribution in [0.1, 0.15) is 54.1 Å². The lowest BCUT2D eigenvalue weighted by Gasteiger charge is -2.39. The van der Waals surface area contributed by atoms with E-state index in [9.17, 15) is 14.4 Å². The molecule has 3 aliphatic rings. The number of nitrogens with zero attached hydrogens (tertiary/aromatic N) is 2. The number of ether oxygens (including phenoxy) is 1. The van der Waals surface area contributed by atoms with Crippen LogP contribution in [0.3, 0.4) is 0 Å². The summed E-state index contributed by atoms with van der Waals surface area (Å²) in [5.41, 5.74) is 3.88. The molecular weight excluding hydrogens is 454 g/mol. The lowest BCUT2D eigenvalue weighted by Crippen LogP contribution is -2.45. The van der Waals surface area contributed by atoms with E-state index in [4.69, 9.17) is 4.74 Å². The first-order valence-corrected chi connectivity index (χ1v) is 13.1. The van der Waals surface area contributed by atoms with Crippen LogP contribution in [0.5, 0.6) is 0 Å². The smallest absolute Gasteiger partial charge is 0.338 e. The summed E-state index contributed by atoms with van der Waals surface area (Å²) < 4.78 is 5.05. The number of esters is 1. The summed E-state index contributed by atoms with van der Waals surface area (Å²) >= 11 is 0. The number of benzene rings is 2. The fraction of sp³-hybridized carbons (Fsp3) is 0.483. The van der Waals surface area contributed by atoms with Gasteiger partial charge in [-0.15, -0.1) is 0 Å². The van der Waals surface area contributed by atoms with E-state index in [1.807, 2.05) is 9.80 Å². The molecule has 5 rings (SSSR count). The molecule has 1 aliphatic carbocycles. The Morgan fingerprint density at radius 3 is 2.28 bits per heavy atom. The number of piperidine rings is 1. The van der Waals surface area contributed by atoms with Gasteiger partial charge in [-0.3, -0.25) is 4.79 Å². The Labute approximate surface area is 212 Å². The molecule has 0 bridgehead atoms. The first-order chi connectivity index (χ1) is 17.4. The summed E-state index contributed by atoms with van der Waals surface area (Å²) in [5.74, 6) is 0.294. The Kier molecular flexibility index (Phi) is 6.99. The molecule has 0 radical (unpaired) electrons. The summed E-state index contributed by atoms with van der Waals surface area (Å²) in [6.07, 6.45) is 5.47. The molecule has 0 atom stereocenters. The molecule has 3 amide bonds. The summed E-state index contributed by atoms with van der Waals surface area (Å²) in [4.78, 5) is 41.9. The molecule has 7 heteroatoms. The molecule has 2 saturated heterocycles. The van der Waals surface area contributed by atoms with Crippen LogP contribution in [-0.2, 0) is 22.4 Å². The van der Waals surface area contributed by atoms with Gasteiger partial charge in [-0.1, -0.05) is 30.3 Å². The standard InChI is InChI=1S/C29H35N3O4/c1-2-36-27(34)24-8-5-9-25(19-24)30-28(35)32-15-12-29(20-32)10-13-31(14-11-29)26(33)18-21-16-22-6-3-4-7-23(22)17-21/h3-9,19,21H,2,10-18,20H2,1H3,(H,30,35). The number of rotatable bonds is 5. The highest BCUT2D eigenvalue weighted by Crippen LogP contribution is 2.41. The van der Waals surface area contributed by atoms with Crippen LogP contribution in [0.15, 0.2) is 48.5 Å². The van der Waals surface area contributed by atoms with Gasteiger partial charge in [0.15, 0.2) is 0 Å². The van der Waals surface area contributed by atoms with Gasteiger partial charge in [0.1, 0.15) is 0 Å². The molecule has 1 spiro atoms. The van der Waals surface area contributed by atoms with Gasteiger partial charge < -0.3 is 19.9 Å². The Hall–Kier alpha value is -3.35. The Morgan fingerprint density at radius 2 is 1.61 bits per heavy atom. The molecule has 7 nitrogen and oxygen atoms in total. The SMILES string of the molecule is CCOC(=O)c1cccc(NC(=O)N2CCC3(CCN(C(=O)CC4Cc5ccccc5C4)CC3)C2)c1. The van der Waals surface area contributed by atoms with Gasteiger partial charge in [0, 0.05) is 38.3 Å². The Balaban J connectivity index is 1.10. The van der Waals surface area contributed by atoms with Crippen molar-refractivity contribution in [1.82, 2.24) is 9.80 Å². The van der Waals surface area contributed by atoms with Crippen molar-refractivity contribution >= 4 is 23.6 Å². The number of anilines is 1. The van der Waals surface area contributed by atoms with E-state index in [2.05, 4.69) is 29.6 Å². The highest BCUT2D eigenvalue weighted by molar-refractivity contribution is 5.94. The van der Waals surface area contributed by atoms with Crippen LogP contribution in [0.25, 0.3) is 0 Å². The molecule has 0 unspecified atom stereocenters. The third-order valence-electron chi connectivity index (χ3n) is 8.13. The zero-order chi connectivity index (χ0) is 25.1. The van der Waals surface area contributed by atoms with E-state index < -0.39 is 5.97 Å². The number of hydrogen-bond donors (Lipinski definition) is 1. The van der Waals surface area contributed by atoms with Gasteiger partial charge in [0.2, 0.25) is 5.91 Å². The lowest BCUT2D eigenvalue weighted by molar-refractivity contribution is -0.134. The van der Waals surface area contributed by atoms with Gasteiger partial charge in [-0.25, -0.2) is 9.59 Å². The molecule has 0 saturated carbocycles. The van der Waals surface area contributed by atoms with Crippen molar-refractivity contribution in [2.75, 3.05) is 38.1 Å². The van der Waals surface area contributed by atoms with E-state index in [0.717, 1.165) is 45.2 Å². The minimum Gasteiger partial charge on any atom is -0.462 e. The second-order valence-electron chi connectivity index (χ2n) is 10.5. The van der Waals surface area contributed by atoms with Crippen molar-refractivity contribution in [3.05, 3.63) is 65.2 Å². The largest absolute Gasteiger partial charge is 0.462 e. The molecule has 2 fully saturated rings. The van der Waals surface area contributed by atoms with Gasteiger partial charge in [-0.05, 0) is 79.7 Å². The quantitative estimate of drug-likeness (QED) is 0.627. The van der Waals surface area contributed by atoms with Crippen molar-refractivity contribution < 1.29 is 19.1 Å². The summed E-state index contributed by atoms with van der Waals surface area (Å²) in [6.45, 7) is 5.03. The van der Waals surface area contributed by atoms with Crippen molar-refractivity contribution in [3.8, 4) is 0 Å². The highest BCUT2D eigenvalue weighted by atomic mass is 16.5. The first-order valence-electron chi connectivity index (χ1n) is 13.1. The van der Waals surface area contributed by atoms with Crippen molar-refractivity contribution in [3.63, 3.8) is 0 Å². The molecule has 0 aromatic heterocycles. The van der Waals surface area contributed by atoms with E-state index in [1.54, 1.807) is 31.2 Å². The number of likely N-dealkylation sites (tertiary alicyclic amines) is 2. The van der Waals surface area contributed by atoms with Crippen molar-refractivity contribution in [1.29, 1.82) is 0 Å². The molecule has 2 aliphatic heterocycles. The molecular formula is C29H35N3O4. The zero-order valence-electron chi connectivity index (χ0n) is 21.0. The molecule has 36 heavy (non-hydrogen) atoms. The Morgan fingerprint density at radius 1 is 0.944 bits per heavy atom. The predicted octanol–water partition coefficient (Wildman–Crippen LogP) is 4.51.